The highest BCUT2D eigenvalue weighted by Crippen LogP contribution is 2.31. The summed E-state index contributed by atoms with van der Waals surface area (Å²) in [5.74, 6) is 0.980. The van der Waals surface area contributed by atoms with E-state index in [1.807, 2.05) is 43.0 Å². The summed E-state index contributed by atoms with van der Waals surface area (Å²) in [6.07, 6.45) is 0.420. The van der Waals surface area contributed by atoms with Gasteiger partial charge in [0.05, 0.1) is 30.3 Å². The SMILES string of the molecule is COc1ccccc1[C@H]1CNCCN1C(=O)Cc1sc(C)nc1C. The quantitative estimate of drug-likeness (QED) is 0.925. The van der Waals surface area contributed by atoms with Crippen LogP contribution in [0.1, 0.15) is 27.2 Å². The number of hydrogen-bond acceptors (Lipinski definition) is 5. The minimum absolute atomic E-state index is 0.00303. The van der Waals surface area contributed by atoms with E-state index in [4.69, 9.17) is 4.74 Å². The highest BCUT2D eigenvalue weighted by molar-refractivity contribution is 7.11. The molecule has 0 bridgehead atoms. The van der Waals surface area contributed by atoms with Crippen LogP contribution < -0.4 is 10.1 Å². The first-order valence-corrected chi connectivity index (χ1v) is 8.97. The number of nitrogens with one attached hydrogen (secondary N) is 1. The first kappa shape index (κ1) is 16.9. The van der Waals surface area contributed by atoms with Crippen molar-refractivity contribution in [2.75, 3.05) is 26.7 Å². The van der Waals surface area contributed by atoms with E-state index in [1.165, 1.54) is 0 Å². The lowest BCUT2D eigenvalue weighted by molar-refractivity contribution is -0.133. The molecule has 2 aromatic rings. The van der Waals surface area contributed by atoms with E-state index in [-0.39, 0.29) is 11.9 Å². The Kier molecular flexibility index (Phi) is 5.16. The Hall–Kier alpha value is -1.92. The number of amides is 1. The predicted octanol–water partition coefficient (Wildman–Crippen LogP) is 2.48. The van der Waals surface area contributed by atoms with Gasteiger partial charge in [0.25, 0.3) is 0 Å². The summed E-state index contributed by atoms with van der Waals surface area (Å²) < 4.78 is 5.49. The van der Waals surface area contributed by atoms with Crippen molar-refractivity contribution in [2.24, 2.45) is 0 Å². The molecule has 0 aliphatic carbocycles. The van der Waals surface area contributed by atoms with Gasteiger partial charge >= 0.3 is 0 Å². The number of nitrogens with zero attached hydrogens (tertiary/aromatic N) is 2. The standard InChI is InChI=1S/C18H23N3O2S/c1-12-17(24-13(2)20-12)10-18(22)21-9-8-19-11-15(21)14-6-4-5-7-16(14)23-3/h4-7,15,19H,8-11H2,1-3H3/t15-/m1/s1. The number of aryl methyl sites for hydroxylation is 2. The topological polar surface area (TPSA) is 54.5 Å². The fraction of sp³-hybridized carbons (Fsp3) is 0.444. The summed E-state index contributed by atoms with van der Waals surface area (Å²) in [4.78, 5) is 20.4. The number of thiazole rings is 1. The van der Waals surface area contributed by atoms with Crippen molar-refractivity contribution in [3.05, 3.63) is 45.4 Å². The van der Waals surface area contributed by atoms with E-state index in [0.29, 0.717) is 13.0 Å². The Balaban J connectivity index is 1.84. The summed E-state index contributed by atoms with van der Waals surface area (Å²) in [5, 5.41) is 4.40. The first-order chi connectivity index (χ1) is 11.6. The minimum atomic E-state index is -0.00303. The summed E-state index contributed by atoms with van der Waals surface area (Å²) in [6, 6.07) is 7.93. The van der Waals surface area contributed by atoms with Crippen molar-refractivity contribution in [3.63, 3.8) is 0 Å². The molecule has 1 atom stereocenters. The number of carbonyl (C=O) groups excluding carboxylic acids is 1. The maximum atomic E-state index is 12.9. The molecule has 0 radical (unpaired) electrons. The molecule has 1 aliphatic rings. The smallest absolute Gasteiger partial charge is 0.228 e. The summed E-state index contributed by atoms with van der Waals surface area (Å²) in [6.45, 7) is 6.22. The number of rotatable bonds is 4. The lowest BCUT2D eigenvalue weighted by Gasteiger charge is -2.37. The van der Waals surface area contributed by atoms with Gasteiger partial charge in [-0.3, -0.25) is 4.79 Å². The lowest BCUT2D eigenvalue weighted by Crippen LogP contribution is -2.49. The van der Waals surface area contributed by atoms with Crippen LogP contribution in [0.5, 0.6) is 5.75 Å². The second-order valence-electron chi connectivity index (χ2n) is 5.97. The van der Waals surface area contributed by atoms with Crippen molar-refractivity contribution >= 4 is 17.2 Å². The van der Waals surface area contributed by atoms with Crippen molar-refractivity contribution in [3.8, 4) is 5.75 Å². The third-order valence-corrected chi connectivity index (χ3v) is 5.45. The normalized spacial score (nSPS) is 17.8. The van der Waals surface area contributed by atoms with Gasteiger partial charge in [-0.15, -0.1) is 11.3 Å². The molecular formula is C18H23N3O2S. The van der Waals surface area contributed by atoms with Crippen LogP contribution in [0.15, 0.2) is 24.3 Å². The highest BCUT2D eigenvalue weighted by atomic mass is 32.1. The molecule has 1 N–H and O–H groups in total. The fourth-order valence-electron chi connectivity index (χ4n) is 3.20. The van der Waals surface area contributed by atoms with E-state index in [9.17, 15) is 4.79 Å². The van der Waals surface area contributed by atoms with Gasteiger partial charge in [-0.1, -0.05) is 18.2 Å². The number of methoxy groups -OCH3 is 1. The molecule has 3 rings (SSSR count). The molecule has 0 spiro atoms. The van der Waals surface area contributed by atoms with Crippen molar-refractivity contribution in [2.45, 2.75) is 26.3 Å². The number of carbonyl (C=O) groups is 1. The molecule has 1 aromatic carbocycles. The predicted molar refractivity (Wildman–Crippen MR) is 95.6 cm³/mol. The zero-order valence-electron chi connectivity index (χ0n) is 14.3. The van der Waals surface area contributed by atoms with Gasteiger partial charge in [-0.2, -0.15) is 0 Å². The van der Waals surface area contributed by atoms with Crippen LogP contribution in [0, 0.1) is 13.8 Å². The molecular weight excluding hydrogens is 322 g/mol. The number of piperazine rings is 1. The molecule has 5 nitrogen and oxygen atoms in total. The Morgan fingerprint density at radius 3 is 2.92 bits per heavy atom. The van der Waals surface area contributed by atoms with Gasteiger partial charge in [-0.25, -0.2) is 4.98 Å². The molecule has 6 heteroatoms. The largest absolute Gasteiger partial charge is 0.496 e. The Labute approximate surface area is 146 Å². The lowest BCUT2D eigenvalue weighted by atomic mass is 10.0. The molecule has 24 heavy (non-hydrogen) atoms. The molecule has 1 fully saturated rings. The van der Waals surface area contributed by atoms with E-state index < -0.39 is 0 Å². The van der Waals surface area contributed by atoms with E-state index in [1.54, 1.807) is 18.4 Å². The zero-order chi connectivity index (χ0) is 17.1. The Bertz CT molecular complexity index is 729. The summed E-state index contributed by atoms with van der Waals surface area (Å²) in [7, 11) is 1.67. The number of aromatic nitrogens is 1. The zero-order valence-corrected chi connectivity index (χ0v) is 15.2. The summed E-state index contributed by atoms with van der Waals surface area (Å²) in [5.41, 5.74) is 2.02. The van der Waals surface area contributed by atoms with E-state index in [2.05, 4.69) is 10.3 Å². The van der Waals surface area contributed by atoms with Crippen LogP contribution in [-0.4, -0.2) is 42.5 Å². The number of benzene rings is 1. The third-order valence-electron chi connectivity index (χ3n) is 4.37. The van der Waals surface area contributed by atoms with Crippen LogP contribution in [-0.2, 0) is 11.2 Å². The number of para-hydroxylation sites is 1. The maximum Gasteiger partial charge on any atom is 0.228 e. The average Bonchev–Trinajstić information content (AvgIpc) is 2.92. The Morgan fingerprint density at radius 2 is 2.21 bits per heavy atom. The van der Waals surface area contributed by atoms with Crippen LogP contribution in [0.2, 0.25) is 0 Å². The molecule has 0 saturated carbocycles. The van der Waals surface area contributed by atoms with Gasteiger partial charge in [-0.05, 0) is 19.9 Å². The van der Waals surface area contributed by atoms with E-state index in [0.717, 1.165) is 40.0 Å². The van der Waals surface area contributed by atoms with Gasteiger partial charge < -0.3 is 15.0 Å². The average molecular weight is 345 g/mol. The maximum absolute atomic E-state index is 12.9. The molecule has 1 aliphatic heterocycles. The van der Waals surface area contributed by atoms with Crippen LogP contribution in [0.25, 0.3) is 0 Å². The molecule has 0 unspecified atom stereocenters. The minimum Gasteiger partial charge on any atom is -0.496 e. The summed E-state index contributed by atoms with van der Waals surface area (Å²) >= 11 is 1.61. The Morgan fingerprint density at radius 1 is 1.42 bits per heavy atom. The van der Waals surface area contributed by atoms with Crippen molar-refractivity contribution < 1.29 is 9.53 Å². The number of hydrogen-bond donors (Lipinski definition) is 1. The molecule has 128 valence electrons. The third kappa shape index (κ3) is 3.44. The monoisotopic (exact) mass is 345 g/mol. The van der Waals surface area contributed by atoms with Crippen LogP contribution in [0.4, 0.5) is 0 Å². The first-order valence-electron chi connectivity index (χ1n) is 8.16. The van der Waals surface area contributed by atoms with Crippen molar-refractivity contribution in [1.82, 2.24) is 15.2 Å². The van der Waals surface area contributed by atoms with Crippen molar-refractivity contribution in [1.29, 1.82) is 0 Å². The van der Waals surface area contributed by atoms with Gasteiger partial charge in [0, 0.05) is 30.1 Å². The van der Waals surface area contributed by atoms with Gasteiger partial charge in [0.15, 0.2) is 0 Å². The fourth-order valence-corrected chi connectivity index (χ4v) is 4.13. The number of ether oxygens (including phenoxy) is 1. The van der Waals surface area contributed by atoms with Gasteiger partial charge in [0.2, 0.25) is 5.91 Å². The van der Waals surface area contributed by atoms with Crippen LogP contribution >= 0.6 is 11.3 Å². The molecule has 2 heterocycles. The molecule has 1 aromatic heterocycles. The second-order valence-corrected chi connectivity index (χ2v) is 7.25. The molecule has 1 amide bonds. The van der Waals surface area contributed by atoms with E-state index >= 15 is 0 Å². The van der Waals surface area contributed by atoms with Crippen LogP contribution in [0.3, 0.4) is 0 Å². The van der Waals surface area contributed by atoms with Gasteiger partial charge in [0.1, 0.15) is 5.75 Å². The second kappa shape index (κ2) is 7.32. The highest BCUT2D eigenvalue weighted by Gasteiger charge is 2.30. The molecule has 1 saturated heterocycles.